The Hall–Kier alpha value is -2.62. The molecule has 1 aliphatic rings. The quantitative estimate of drug-likeness (QED) is 0.365. The topological polar surface area (TPSA) is 81.5 Å². The molecular formula is C24H27Cl2N5O3S. The van der Waals surface area contributed by atoms with Crippen LogP contribution in [0.5, 0.6) is 11.5 Å². The number of thioether (sulfide) groups is 1. The summed E-state index contributed by atoms with van der Waals surface area (Å²) in [4.78, 5) is 14.3. The van der Waals surface area contributed by atoms with Crippen molar-refractivity contribution in [3.05, 3.63) is 63.9 Å². The van der Waals surface area contributed by atoms with E-state index in [4.69, 9.17) is 32.7 Å². The van der Waals surface area contributed by atoms with Crippen LogP contribution in [-0.2, 0) is 17.1 Å². The highest BCUT2D eigenvalue weighted by Crippen LogP contribution is 2.36. The van der Waals surface area contributed by atoms with E-state index >= 15 is 0 Å². The lowest BCUT2D eigenvalue weighted by Crippen LogP contribution is -2.38. The number of rotatable bonds is 10. The number of hydrogen-bond acceptors (Lipinski definition) is 7. The molecule has 8 nitrogen and oxygen atoms in total. The van der Waals surface area contributed by atoms with Crippen LogP contribution in [0.15, 0.2) is 47.9 Å². The standard InChI is InChI=1S/C24H27Cl2N5O3S/c1-33-21-12-17(11-20(26)23(21)34-14-22(32)30-9-5-2-6-10-30)13-28-31-16-27-29-24(31)35-15-18-7-3-4-8-19(18)25/h3-4,7-8,11-12,16,28H,2,5-6,9-10,13-15H2,1H3. The first kappa shape index (κ1) is 25.5. The highest BCUT2D eigenvalue weighted by atomic mass is 35.5. The van der Waals surface area contributed by atoms with E-state index in [0.717, 1.165) is 48.5 Å². The second kappa shape index (κ2) is 12.4. The van der Waals surface area contributed by atoms with E-state index in [2.05, 4.69) is 15.6 Å². The molecule has 2 heterocycles. The Morgan fingerprint density at radius 1 is 1.14 bits per heavy atom. The first-order valence-electron chi connectivity index (χ1n) is 11.3. The number of carbonyl (C=O) groups excluding carboxylic acids is 1. The summed E-state index contributed by atoms with van der Waals surface area (Å²) < 4.78 is 13.0. The number of halogens is 2. The molecule has 1 amide bonds. The van der Waals surface area contributed by atoms with Gasteiger partial charge in [0.05, 0.1) is 18.7 Å². The Morgan fingerprint density at radius 2 is 1.94 bits per heavy atom. The van der Waals surface area contributed by atoms with Gasteiger partial charge in [-0.05, 0) is 48.6 Å². The number of benzene rings is 2. The van der Waals surface area contributed by atoms with Crippen molar-refractivity contribution in [2.75, 3.05) is 32.2 Å². The number of aromatic nitrogens is 3. The van der Waals surface area contributed by atoms with Crippen molar-refractivity contribution in [1.29, 1.82) is 0 Å². The second-order valence-corrected chi connectivity index (χ2v) is 9.79. The zero-order valence-corrected chi connectivity index (χ0v) is 21.7. The van der Waals surface area contributed by atoms with E-state index < -0.39 is 0 Å². The van der Waals surface area contributed by atoms with Crippen LogP contribution < -0.4 is 14.9 Å². The molecule has 0 unspecified atom stereocenters. The third kappa shape index (κ3) is 6.74. The zero-order chi connectivity index (χ0) is 24.6. The average molecular weight is 536 g/mol. The number of amides is 1. The second-order valence-electron chi connectivity index (χ2n) is 8.04. The average Bonchev–Trinajstić information content (AvgIpc) is 3.33. The van der Waals surface area contributed by atoms with E-state index in [0.29, 0.717) is 34.0 Å². The fraction of sp³-hybridized carbons (Fsp3) is 0.375. The van der Waals surface area contributed by atoms with Gasteiger partial charge >= 0.3 is 0 Å². The summed E-state index contributed by atoms with van der Waals surface area (Å²) >= 11 is 14.3. The summed E-state index contributed by atoms with van der Waals surface area (Å²) in [6.45, 7) is 1.93. The van der Waals surface area contributed by atoms with Crippen LogP contribution in [-0.4, -0.2) is 52.5 Å². The molecule has 1 aliphatic heterocycles. The minimum atomic E-state index is -0.0691. The molecule has 0 aliphatic carbocycles. The normalized spacial score (nSPS) is 13.5. The van der Waals surface area contributed by atoms with Crippen LogP contribution >= 0.6 is 35.0 Å². The predicted molar refractivity (Wildman–Crippen MR) is 138 cm³/mol. The van der Waals surface area contributed by atoms with Gasteiger partial charge in [-0.15, -0.1) is 10.2 Å². The number of hydrogen-bond donors (Lipinski definition) is 1. The van der Waals surface area contributed by atoms with Crippen molar-refractivity contribution >= 4 is 40.9 Å². The van der Waals surface area contributed by atoms with Gasteiger partial charge in [0.1, 0.15) is 6.33 Å². The van der Waals surface area contributed by atoms with Crippen molar-refractivity contribution in [3.63, 3.8) is 0 Å². The molecule has 0 spiro atoms. The number of ether oxygens (including phenoxy) is 2. The number of likely N-dealkylation sites (tertiary alicyclic amines) is 1. The highest BCUT2D eigenvalue weighted by Gasteiger charge is 2.19. The van der Waals surface area contributed by atoms with Crippen molar-refractivity contribution < 1.29 is 14.3 Å². The number of methoxy groups -OCH3 is 1. The molecule has 0 atom stereocenters. The Bertz CT molecular complexity index is 1150. The van der Waals surface area contributed by atoms with Gasteiger partial charge in [0.2, 0.25) is 5.16 Å². The van der Waals surface area contributed by atoms with Gasteiger partial charge in [0, 0.05) is 23.9 Å². The summed E-state index contributed by atoms with van der Waals surface area (Å²) in [7, 11) is 1.55. The van der Waals surface area contributed by atoms with Gasteiger partial charge in [-0.1, -0.05) is 53.2 Å². The zero-order valence-electron chi connectivity index (χ0n) is 19.4. The maximum atomic E-state index is 12.5. The lowest BCUT2D eigenvalue weighted by atomic mass is 10.1. The van der Waals surface area contributed by atoms with Crippen molar-refractivity contribution in [1.82, 2.24) is 19.8 Å². The molecule has 0 saturated carbocycles. The molecule has 3 aromatic rings. The fourth-order valence-electron chi connectivity index (χ4n) is 3.75. The van der Waals surface area contributed by atoms with Crippen LogP contribution in [0.25, 0.3) is 0 Å². The van der Waals surface area contributed by atoms with Crippen molar-refractivity contribution in [2.45, 2.75) is 36.7 Å². The van der Waals surface area contributed by atoms with E-state index in [-0.39, 0.29) is 12.5 Å². The van der Waals surface area contributed by atoms with E-state index in [9.17, 15) is 4.79 Å². The van der Waals surface area contributed by atoms with E-state index in [1.807, 2.05) is 35.2 Å². The highest BCUT2D eigenvalue weighted by molar-refractivity contribution is 7.98. The monoisotopic (exact) mass is 535 g/mol. The maximum absolute atomic E-state index is 12.5. The Morgan fingerprint density at radius 3 is 2.71 bits per heavy atom. The molecule has 11 heteroatoms. The van der Waals surface area contributed by atoms with Crippen LogP contribution in [0.4, 0.5) is 0 Å². The lowest BCUT2D eigenvalue weighted by Gasteiger charge is -2.26. The third-order valence-electron chi connectivity index (χ3n) is 5.62. The SMILES string of the molecule is COc1cc(CNn2cnnc2SCc2ccccc2Cl)cc(Cl)c1OCC(=O)N1CCCCC1. The predicted octanol–water partition coefficient (Wildman–Crippen LogP) is 5.02. The molecule has 2 aromatic carbocycles. The molecule has 1 saturated heterocycles. The Balaban J connectivity index is 1.36. The Labute approximate surface area is 218 Å². The van der Waals surface area contributed by atoms with E-state index in [1.54, 1.807) is 24.2 Å². The van der Waals surface area contributed by atoms with Crippen LogP contribution in [0.2, 0.25) is 10.0 Å². The molecule has 4 rings (SSSR count). The first-order valence-corrected chi connectivity index (χ1v) is 13.1. The molecule has 0 bridgehead atoms. The summed E-state index contributed by atoms with van der Waals surface area (Å²) in [6, 6.07) is 11.3. The van der Waals surface area contributed by atoms with Crippen molar-refractivity contribution in [2.24, 2.45) is 0 Å². The number of nitrogens with one attached hydrogen (secondary N) is 1. The van der Waals surface area contributed by atoms with Crippen LogP contribution in [0.3, 0.4) is 0 Å². The molecule has 186 valence electrons. The molecule has 35 heavy (non-hydrogen) atoms. The summed E-state index contributed by atoms with van der Waals surface area (Å²) in [5.41, 5.74) is 5.17. The Kier molecular flexibility index (Phi) is 9.01. The van der Waals surface area contributed by atoms with Gasteiger partial charge in [0.25, 0.3) is 5.91 Å². The largest absolute Gasteiger partial charge is 0.493 e. The van der Waals surface area contributed by atoms with Crippen LogP contribution in [0.1, 0.15) is 30.4 Å². The van der Waals surface area contributed by atoms with Gasteiger partial charge < -0.3 is 19.8 Å². The van der Waals surface area contributed by atoms with Crippen LogP contribution in [0, 0.1) is 0 Å². The molecule has 0 radical (unpaired) electrons. The fourth-order valence-corrected chi connectivity index (χ4v) is 5.21. The van der Waals surface area contributed by atoms with Gasteiger partial charge in [-0.25, -0.2) is 4.68 Å². The molecule has 1 N–H and O–H groups in total. The number of nitrogens with zero attached hydrogens (tertiary/aromatic N) is 4. The molecule has 1 fully saturated rings. The third-order valence-corrected chi connectivity index (χ3v) is 7.26. The van der Waals surface area contributed by atoms with Gasteiger partial charge in [0.15, 0.2) is 18.1 Å². The van der Waals surface area contributed by atoms with Gasteiger partial charge in [-0.3, -0.25) is 4.79 Å². The lowest BCUT2D eigenvalue weighted by molar-refractivity contribution is -0.134. The summed E-state index contributed by atoms with van der Waals surface area (Å²) in [5.74, 6) is 1.46. The number of piperidine rings is 1. The minimum Gasteiger partial charge on any atom is -0.493 e. The van der Waals surface area contributed by atoms with Crippen molar-refractivity contribution in [3.8, 4) is 11.5 Å². The molecular weight excluding hydrogens is 509 g/mol. The summed E-state index contributed by atoms with van der Waals surface area (Å²) in [6.07, 6.45) is 4.84. The molecule has 1 aromatic heterocycles. The maximum Gasteiger partial charge on any atom is 0.260 e. The smallest absolute Gasteiger partial charge is 0.260 e. The first-order chi connectivity index (χ1) is 17.0. The van der Waals surface area contributed by atoms with E-state index in [1.165, 1.54) is 11.8 Å². The number of carbonyl (C=O) groups is 1. The summed E-state index contributed by atoms with van der Waals surface area (Å²) in [5, 5.41) is 10.00. The minimum absolute atomic E-state index is 0.0389. The van der Waals surface area contributed by atoms with Gasteiger partial charge in [-0.2, -0.15) is 0 Å².